The zero-order valence-electron chi connectivity index (χ0n) is 14.9. The number of ether oxygens (including phenoxy) is 1. The van der Waals surface area contributed by atoms with E-state index >= 15 is 0 Å². The summed E-state index contributed by atoms with van der Waals surface area (Å²) >= 11 is 0. The van der Waals surface area contributed by atoms with Gasteiger partial charge in [-0.05, 0) is 43.4 Å². The molecule has 1 spiro atoms. The van der Waals surface area contributed by atoms with Gasteiger partial charge in [-0.15, -0.1) is 0 Å². The van der Waals surface area contributed by atoms with Gasteiger partial charge in [0.25, 0.3) is 5.91 Å². The Bertz CT molecular complexity index is 775. The number of carbonyl (C=O) groups excluding carboxylic acids is 1. The second kappa shape index (κ2) is 6.30. The normalized spacial score (nSPS) is 22.5. The Labute approximate surface area is 148 Å². The van der Waals surface area contributed by atoms with E-state index in [4.69, 9.17) is 4.74 Å². The first kappa shape index (κ1) is 16.3. The minimum atomic E-state index is -0.0664. The highest BCUT2D eigenvalue weighted by molar-refractivity contribution is 5.95. The van der Waals surface area contributed by atoms with Gasteiger partial charge in [0, 0.05) is 37.8 Å². The minimum absolute atomic E-state index is 0.0664. The molecule has 4 rings (SSSR count). The molecule has 3 heterocycles. The summed E-state index contributed by atoms with van der Waals surface area (Å²) in [6.07, 6.45) is 6.90. The third-order valence-electron chi connectivity index (χ3n) is 5.74. The van der Waals surface area contributed by atoms with E-state index in [0.29, 0.717) is 5.92 Å². The van der Waals surface area contributed by atoms with Crippen LogP contribution in [-0.4, -0.2) is 45.9 Å². The lowest BCUT2D eigenvalue weighted by Gasteiger charge is -2.39. The highest BCUT2D eigenvalue weighted by Crippen LogP contribution is 2.42. The monoisotopic (exact) mass is 339 g/mol. The summed E-state index contributed by atoms with van der Waals surface area (Å²) in [6.45, 7) is 4.30. The van der Waals surface area contributed by atoms with Crippen molar-refractivity contribution >= 4 is 5.91 Å². The second-order valence-corrected chi connectivity index (χ2v) is 7.45. The first-order valence-electron chi connectivity index (χ1n) is 9.04. The predicted molar refractivity (Wildman–Crippen MR) is 95.6 cm³/mol. The fourth-order valence-corrected chi connectivity index (χ4v) is 4.16. The number of hydrogen-bond donors (Lipinski definition) is 0. The fraction of sp³-hybridized carbons (Fsp3) is 0.500. The van der Waals surface area contributed by atoms with E-state index in [9.17, 15) is 4.79 Å². The molecule has 132 valence electrons. The lowest BCUT2D eigenvalue weighted by atomic mass is 9.83. The summed E-state index contributed by atoms with van der Waals surface area (Å²) in [6, 6.07) is 7.83. The summed E-state index contributed by atoms with van der Waals surface area (Å²) in [4.78, 5) is 14.8. The Kier molecular flexibility index (Phi) is 4.12. The zero-order valence-corrected chi connectivity index (χ0v) is 14.9. The van der Waals surface area contributed by atoms with E-state index in [0.717, 1.165) is 50.1 Å². The summed E-state index contributed by atoms with van der Waals surface area (Å²) in [5, 5.41) is 4.28. The van der Waals surface area contributed by atoms with Crippen LogP contribution in [-0.2, 0) is 11.8 Å². The van der Waals surface area contributed by atoms with E-state index in [1.165, 1.54) is 5.56 Å². The topological polar surface area (TPSA) is 47.4 Å². The largest absolute Gasteiger partial charge is 0.374 e. The Morgan fingerprint density at radius 1 is 1.28 bits per heavy atom. The molecule has 2 fully saturated rings. The van der Waals surface area contributed by atoms with Gasteiger partial charge < -0.3 is 9.64 Å². The highest BCUT2D eigenvalue weighted by Gasteiger charge is 2.44. The van der Waals surface area contributed by atoms with E-state index in [1.54, 1.807) is 0 Å². The van der Waals surface area contributed by atoms with Crippen molar-refractivity contribution in [1.29, 1.82) is 0 Å². The van der Waals surface area contributed by atoms with Gasteiger partial charge in [-0.1, -0.05) is 18.2 Å². The van der Waals surface area contributed by atoms with Crippen LogP contribution in [0.3, 0.4) is 0 Å². The Morgan fingerprint density at radius 3 is 2.72 bits per heavy atom. The summed E-state index contributed by atoms with van der Waals surface area (Å²) in [5.74, 6) is 0.571. The van der Waals surface area contributed by atoms with Gasteiger partial charge in [0.05, 0.1) is 18.4 Å². The van der Waals surface area contributed by atoms with Crippen LogP contribution < -0.4 is 0 Å². The molecule has 1 atom stereocenters. The van der Waals surface area contributed by atoms with E-state index < -0.39 is 0 Å². The minimum Gasteiger partial charge on any atom is -0.374 e. The Balaban J connectivity index is 1.40. The van der Waals surface area contributed by atoms with Crippen molar-refractivity contribution < 1.29 is 9.53 Å². The quantitative estimate of drug-likeness (QED) is 0.845. The van der Waals surface area contributed by atoms with Crippen molar-refractivity contribution in [3.63, 3.8) is 0 Å². The van der Waals surface area contributed by atoms with Crippen LogP contribution in [0.1, 0.15) is 46.7 Å². The Hall–Kier alpha value is -2.14. The number of amides is 1. The van der Waals surface area contributed by atoms with Gasteiger partial charge in [-0.3, -0.25) is 9.48 Å². The molecular weight excluding hydrogens is 314 g/mol. The van der Waals surface area contributed by atoms with Gasteiger partial charge in [-0.2, -0.15) is 5.10 Å². The summed E-state index contributed by atoms with van der Waals surface area (Å²) in [7, 11) is 1.95. The van der Waals surface area contributed by atoms with Crippen molar-refractivity contribution in [2.45, 2.75) is 37.7 Å². The predicted octanol–water partition coefficient (Wildman–Crippen LogP) is 2.91. The molecule has 2 aliphatic rings. The molecule has 1 aromatic carbocycles. The third kappa shape index (κ3) is 3.09. The number of carbonyl (C=O) groups is 1. The SMILES string of the molecule is Cc1ccccc1C(=O)N1CCC2(CC1)CC(c1cnn(C)c1)CO2. The molecule has 0 N–H and O–H groups in total. The van der Waals surface area contributed by atoms with Crippen molar-refractivity contribution in [3.05, 3.63) is 53.3 Å². The van der Waals surface area contributed by atoms with Crippen molar-refractivity contribution in [3.8, 4) is 0 Å². The molecule has 2 aromatic rings. The molecule has 1 unspecified atom stereocenters. The number of piperidine rings is 1. The number of hydrogen-bond acceptors (Lipinski definition) is 3. The van der Waals surface area contributed by atoms with Crippen LogP contribution in [0.4, 0.5) is 0 Å². The fourth-order valence-electron chi connectivity index (χ4n) is 4.16. The zero-order chi connectivity index (χ0) is 17.4. The van der Waals surface area contributed by atoms with Crippen LogP contribution in [0.25, 0.3) is 0 Å². The molecule has 1 aromatic heterocycles. The number of likely N-dealkylation sites (tertiary alicyclic amines) is 1. The van der Waals surface area contributed by atoms with Gasteiger partial charge in [0.1, 0.15) is 0 Å². The maximum Gasteiger partial charge on any atom is 0.254 e. The average Bonchev–Trinajstić information content (AvgIpc) is 3.22. The van der Waals surface area contributed by atoms with Crippen LogP contribution in [0.5, 0.6) is 0 Å². The molecule has 2 aliphatic heterocycles. The Morgan fingerprint density at radius 2 is 2.04 bits per heavy atom. The first-order chi connectivity index (χ1) is 12.1. The van der Waals surface area contributed by atoms with Gasteiger partial charge >= 0.3 is 0 Å². The maximum atomic E-state index is 12.8. The number of nitrogens with zero attached hydrogens (tertiary/aromatic N) is 3. The smallest absolute Gasteiger partial charge is 0.254 e. The molecule has 5 nitrogen and oxygen atoms in total. The van der Waals surface area contributed by atoms with Gasteiger partial charge in [0.15, 0.2) is 0 Å². The van der Waals surface area contributed by atoms with Crippen molar-refractivity contribution in [2.75, 3.05) is 19.7 Å². The van der Waals surface area contributed by atoms with Crippen molar-refractivity contribution in [1.82, 2.24) is 14.7 Å². The second-order valence-electron chi connectivity index (χ2n) is 7.45. The number of aromatic nitrogens is 2. The van der Waals surface area contributed by atoms with Crippen molar-refractivity contribution in [2.24, 2.45) is 7.05 Å². The molecule has 1 amide bonds. The lowest BCUT2D eigenvalue weighted by Crippen LogP contribution is -2.46. The number of rotatable bonds is 2. The van der Waals surface area contributed by atoms with Gasteiger partial charge in [0.2, 0.25) is 0 Å². The lowest BCUT2D eigenvalue weighted by molar-refractivity contribution is -0.0388. The average molecular weight is 339 g/mol. The van der Waals surface area contributed by atoms with Crippen LogP contribution in [0.2, 0.25) is 0 Å². The summed E-state index contributed by atoms with van der Waals surface area (Å²) in [5.41, 5.74) is 3.06. The van der Waals surface area contributed by atoms with E-state index in [1.807, 2.05) is 54.0 Å². The summed E-state index contributed by atoms with van der Waals surface area (Å²) < 4.78 is 8.09. The number of benzene rings is 1. The van der Waals surface area contributed by atoms with Crippen LogP contribution in [0.15, 0.2) is 36.7 Å². The van der Waals surface area contributed by atoms with Gasteiger partial charge in [-0.25, -0.2) is 0 Å². The molecule has 0 bridgehead atoms. The molecule has 0 radical (unpaired) electrons. The van der Waals surface area contributed by atoms with Crippen LogP contribution in [0, 0.1) is 6.92 Å². The standard InChI is InChI=1S/C20H25N3O2/c1-15-5-3-4-6-18(15)19(24)23-9-7-20(8-10-23)11-16(14-25-20)17-12-21-22(2)13-17/h3-6,12-13,16H,7-11,14H2,1-2H3. The van der Waals surface area contributed by atoms with E-state index in [2.05, 4.69) is 11.3 Å². The highest BCUT2D eigenvalue weighted by atomic mass is 16.5. The molecule has 25 heavy (non-hydrogen) atoms. The number of aryl methyl sites for hydroxylation is 2. The molecule has 2 saturated heterocycles. The maximum absolute atomic E-state index is 12.8. The molecule has 0 aliphatic carbocycles. The molecule has 5 heteroatoms. The molecular formula is C20H25N3O2. The van der Waals surface area contributed by atoms with Crippen LogP contribution >= 0.6 is 0 Å². The molecule has 0 saturated carbocycles. The first-order valence-corrected chi connectivity index (χ1v) is 9.04. The third-order valence-corrected chi connectivity index (χ3v) is 5.74. The van der Waals surface area contributed by atoms with E-state index in [-0.39, 0.29) is 11.5 Å².